The van der Waals surface area contributed by atoms with E-state index in [1.165, 1.54) is 22.9 Å². The minimum atomic E-state index is -0.557. The highest BCUT2D eigenvalue weighted by atomic mass is 79.9. The third-order valence-electron chi connectivity index (χ3n) is 7.12. The van der Waals surface area contributed by atoms with Gasteiger partial charge in [-0.2, -0.15) is 0 Å². The molecule has 17 heteroatoms. The van der Waals surface area contributed by atoms with Crippen molar-refractivity contribution in [2.75, 3.05) is 48.5 Å². The number of anilines is 4. The molecule has 4 aromatic heterocycles. The van der Waals surface area contributed by atoms with Crippen LogP contribution in [0.5, 0.6) is 0 Å². The summed E-state index contributed by atoms with van der Waals surface area (Å²) in [6.07, 6.45) is 7.10. The predicted octanol–water partition coefficient (Wildman–Crippen LogP) is 2.72. The number of carbonyl (C=O) groups excluding carboxylic acids is 5. The molecule has 0 aliphatic heterocycles. The average molecular weight is 725 g/mol. The molecule has 0 aromatic carbocycles. The molecule has 4 heterocycles. The van der Waals surface area contributed by atoms with Crippen molar-refractivity contribution < 1.29 is 24.0 Å². The fourth-order valence-electron chi connectivity index (χ4n) is 4.76. The lowest BCUT2D eigenvalue weighted by Gasteiger charge is -2.10. The van der Waals surface area contributed by atoms with Gasteiger partial charge in [-0.25, -0.2) is 4.98 Å². The molecule has 0 bridgehead atoms. The minimum Gasteiger partial charge on any atom is -0.351 e. The van der Waals surface area contributed by atoms with Crippen LogP contribution in [0.15, 0.2) is 54.0 Å². The van der Waals surface area contributed by atoms with Crippen molar-refractivity contribution in [3.8, 4) is 0 Å². The number of amides is 5. The number of rotatable bonds is 13. The monoisotopic (exact) mass is 723 g/mol. The molecule has 16 nitrogen and oxygen atoms in total. The number of nitrogens with zero attached hydrogens (tertiary/aromatic N) is 6. The topological polar surface area (TPSA) is 181 Å². The van der Waals surface area contributed by atoms with E-state index in [0.29, 0.717) is 29.3 Å². The summed E-state index contributed by atoms with van der Waals surface area (Å²) in [5.41, 5.74) is 2.08. The van der Waals surface area contributed by atoms with Crippen LogP contribution in [0.3, 0.4) is 0 Å². The maximum Gasteiger partial charge on any atom is 0.291 e. The van der Waals surface area contributed by atoms with Crippen molar-refractivity contribution in [3.63, 3.8) is 0 Å². The minimum absolute atomic E-state index is 0.0287. The van der Waals surface area contributed by atoms with Gasteiger partial charge in [-0.05, 0) is 61.2 Å². The Morgan fingerprint density at radius 1 is 0.708 bits per heavy atom. The Labute approximate surface area is 285 Å². The third kappa shape index (κ3) is 8.68. The van der Waals surface area contributed by atoms with E-state index in [4.69, 9.17) is 0 Å². The molecule has 254 valence electrons. The third-order valence-corrected chi connectivity index (χ3v) is 7.48. The zero-order valence-electron chi connectivity index (χ0n) is 27.5. The molecule has 4 rings (SSSR count). The van der Waals surface area contributed by atoms with Gasteiger partial charge >= 0.3 is 0 Å². The van der Waals surface area contributed by atoms with Crippen LogP contribution in [0.4, 0.5) is 22.9 Å². The molecule has 5 amide bonds. The molecule has 0 aliphatic carbocycles. The summed E-state index contributed by atoms with van der Waals surface area (Å²) >= 11 is 2.99. The Hall–Kier alpha value is -5.42. The summed E-state index contributed by atoms with van der Waals surface area (Å²) in [7, 11) is 10.6. The van der Waals surface area contributed by atoms with E-state index in [1.807, 2.05) is 19.0 Å². The van der Waals surface area contributed by atoms with E-state index in [-0.39, 0.29) is 33.4 Å². The van der Waals surface area contributed by atoms with E-state index in [9.17, 15) is 24.0 Å². The molecule has 0 fully saturated rings. The molecule has 5 N–H and O–H groups in total. The normalized spacial score (nSPS) is 10.9. The van der Waals surface area contributed by atoms with Gasteiger partial charge in [0.2, 0.25) is 5.82 Å². The van der Waals surface area contributed by atoms with Gasteiger partial charge in [0.15, 0.2) is 5.82 Å². The summed E-state index contributed by atoms with van der Waals surface area (Å²) in [5, 5.41) is 13.7. The van der Waals surface area contributed by atoms with Gasteiger partial charge in [-0.3, -0.25) is 24.0 Å². The highest BCUT2D eigenvalue weighted by Gasteiger charge is 2.21. The zero-order valence-corrected chi connectivity index (χ0v) is 29.1. The van der Waals surface area contributed by atoms with E-state index >= 15 is 0 Å². The summed E-state index contributed by atoms with van der Waals surface area (Å²) in [4.78, 5) is 69.8. The van der Waals surface area contributed by atoms with Crippen molar-refractivity contribution >= 4 is 68.3 Å². The zero-order chi connectivity index (χ0) is 35.3. The van der Waals surface area contributed by atoms with Crippen LogP contribution in [0.25, 0.3) is 0 Å². The van der Waals surface area contributed by atoms with Gasteiger partial charge in [-0.1, -0.05) is 6.58 Å². The maximum absolute atomic E-state index is 13.2. The second-order valence-electron chi connectivity index (χ2n) is 11.4. The number of halogens is 1. The molecule has 4 aromatic rings. The van der Waals surface area contributed by atoms with E-state index in [2.05, 4.69) is 54.1 Å². The molecule has 0 atom stereocenters. The lowest BCUT2D eigenvalue weighted by molar-refractivity contribution is -0.112. The number of carbonyl (C=O) groups is 5. The van der Waals surface area contributed by atoms with Crippen molar-refractivity contribution in [2.45, 2.75) is 6.42 Å². The van der Waals surface area contributed by atoms with E-state index in [0.717, 1.165) is 13.0 Å². The highest BCUT2D eigenvalue weighted by molar-refractivity contribution is 9.12. The van der Waals surface area contributed by atoms with Crippen molar-refractivity contribution in [3.05, 3.63) is 77.0 Å². The number of imidazole rings is 1. The number of hydrogen-bond donors (Lipinski definition) is 5. The summed E-state index contributed by atoms with van der Waals surface area (Å²) in [5.74, 6) is -2.00. The standard InChI is InChI=1S/C31H38BrN11O5/c1-18(32)27(44)38-25-17-43(7)26(37-25)31(48)36-21-13-24(42(6)16-21)30(47)35-20-12-23(41(5)15-20)29(46)34-19-11-22(40(4)14-19)28(45)33-9-8-10-39(2)3/h11-17H,1,8-10H2,2-7H3,(H,33,45)(H,34,46)(H,35,47)(H,36,48)(H,38,44). The Balaban J connectivity index is 1.37. The first-order valence-electron chi connectivity index (χ1n) is 14.7. The number of nitrogens with one attached hydrogen (secondary N) is 5. The van der Waals surface area contributed by atoms with Crippen LogP contribution < -0.4 is 26.6 Å². The van der Waals surface area contributed by atoms with Gasteiger partial charge < -0.3 is 49.8 Å². The summed E-state index contributed by atoms with van der Waals surface area (Å²) < 4.78 is 6.31. The van der Waals surface area contributed by atoms with Crippen LogP contribution in [0.2, 0.25) is 0 Å². The number of hydrogen-bond acceptors (Lipinski definition) is 7. The van der Waals surface area contributed by atoms with Crippen molar-refractivity contribution in [1.29, 1.82) is 0 Å². The van der Waals surface area contributed by atoms with Gasteiger partial charge in [-0.15, -0.1) is 0 Å². The molecular formula is C31H38BrN11O5. The van der Waals surface area contributed by atoms with Gasteiger partial charge in [0.05, 0.1) is 21.5 Å². The fraction of sp³-hybridized carbons (Fsp3) is 0.290. The molecule has 0 saturated carbocycles. The van der Waals surface area contributed by atoms with E-state index in [1.54, 1.807) is 66.5 Å². The first-order chi connectivity index (χ1) is 22.6. The van der Waals surface area contributed by atoms with Crippen LogP contribution in [-0.2, 0) is 33.0 Å². The van der Waals surface area contributed by atoms with Crippen LogP contribution in [-0.4, -0.2) is 84.9 Å². The molecule has 0 aliphatic rings. The molecule has 0 radical (unpaired) electrons. The Morgan fingerprint density at radius 3 is 1.62 bits per heavy atom. The first kappa shape index (κ1) is 35.4. The Kier molecular flexibility index (Phi) is 11.1. The number of aryl methyl sites for hydroxylation is 4. The van der Waals surface area contributed by atoms with Crippen molar-refractivity contribution in [2.24, 2.45) is 28.2 Å². The van der Waals surface area contributed by atoms with E-state index < -0.39 is 23.6 Å². The molecular weight excluding hydrogens is 686 g/mol. The highest BCUT2D eigenvalue weighted by Crippen LogP contribution is 2.20. The van der Waals surface area contributed by atoms with Crippen LogP contribution >= 0.6 is 15.9 Å². The quantitative estimate of drug-likeness (QED) is 0.104. The Morgan fingerprint density at radius 2 is 1.17 bits per heavy atom. The fourth-order valence-corrected chi connectivity index (χ4v) is 4.86. The van der Waals surface area contributed by atoms with Crippen LogP contribution in [0.1, 0.15) is 48.5 Å². The molecule has 0 spiro atoms. The Bertz CT molecular complexity index is 1900. The lowest BCUT2D eigenvalue weighted by Crippen LogP contribution is -2.28. The lowest BCUT2D eigenvalue weighted by atomic mass is 10.3. The number of aromatic nitrogens is 5. The van der Waals surface area contributed by atoms with Gasteiger partial charge in [0.1, 0.15) is 17.1 Å². The predicted molar refractivity (Wildman–Crippen MR) is 186 cm³/mol. The van der Waals surface area contributed by atoms with Gasteiger partial charge in [0, 0.05) is 59.5 Å². The summed E-state index contributed by atoms with van der Waals surface area (Å²) in [6, 6.07) is 4.63. The van der Waals surface area contributed by atoms with Crippen molar-refractivity contribution in [1.82, 2.24) is 33.5 Å². The molecule has 0 saturated heterocycles. The summed E-state index contributed by atoms with van der Waals surface area (Å²) in [6.45, 7) is 4.88. The largest absolute Gasteiger partial charge is 0.351 e. The molecule has 0 unspecified atom stereocenters. The average Bonchev–Trinajstić information content (AvgIpc) is 3.76. The van der Waals surface area contributed by atoms with Gasteiger partial charge in [0.25, 0.3) is 29.5 Å². The molecule has 48 heavy (non-hydrogen) atoms. The van der Waals surface area contributed by atoms with Crippen LogP contribution in [0, 0.1) is 0 Å². The second-order valence-corrected chi connectivity index (χ2v) is 12.3. The SMILES string of the molecule is C=C(Br)C(=O)Nc1cn(C)c(C(=O)Nc2cc(C(=O)Nc3cc(C(=O)Nc4cc(C(=O)NCCCN(C)C)n(C)c4)n(C)c3)n(C)c2)n1. The first-order valence-corrected chi connectivity index (χ1v) is 15.5. The smallest absolute Gasteiger partial charge is 0.291 e. The second kappa shape index (κ2) is 15.0. The maximum atomic E-state index is 13.2.